The summed E-state index contributed by atoms with van der Waals surface area (Å²) >= 11 is 6.87. The first-order valence-corrected chi connectivity index (χ1v) is 14.1. The summed E-state index contributed by atoms with van der Waals surface area (Å²) in [4.78, 5) is 11.8. The largest absolute Gasteiger partial charge is 0.497 e. The van der Waals surface area contributed by atoms with Crippen LogP contribution in [0.1, 0.15) is 61.9 Å². The Morgan fingerprint density at radius 1 is 1.03 bits per heavy atom. The number of benzene rings is 3. The number of ether oxygens (including phenoxy) is 2. The highest BCUT2D eigenvalue weighted by Gasteiger charge is 2.27. The van der Waals surface area contributed by atoms with Crippen LogP contribution in [0.25, 0.3) is 23.3 Å². The van der Waals surface area contributed by atoms with Gasteiger partial charge in [0.2, 0.25) is 0 Å². The molecular weight excluding hydrogens is 504 g/mol. The minimum atomic E-state index is -0.338. The van der Waals surface area contributed by atoms with Gasteiger partial charge in [0.15, 0.2) is 0 Å². The second-order valence-corrected chi connectivity index (χ2v) is 10.4. The molecule has 4 rings (SSSR count). The van der Waals surface area contributed by atoms with Crippen LogP contribution in [0, 0.1) is 11.8 Å². The van der Waals surface area contributed by atoms with Crippen molar-refractivity contribution >= 4 is 40.9 Å². The van der Waals surface area contributed by atoms with Crippen molar-refractivity contribution in [2.45, 2.75) is 40.5 Å². The van der Waals surface area contributed by atoms with Gasteiger partial charge < -0.3 is 9.47 Å². The molecule has 0 aromatic heterocycles. The van der Waals surface area contributed by atoms with Crippen LogP contribution in [0.2, 0.25) is 5.02 Å². The summed E-state index contributed by atoms with van der Waals surface area (Å²) in [6.07, 6.45) is 7.48. The monoisotopic (exact) mass is 540 g/mol. The summed E-state index contributed by atoms with van der Waals surface area (Å²) in [6.45, 7) is 9.02. The molecule has 0 saturated carbocycles. The number of methoxy groups -OCH3 is 1. The van der Waals surface area contributed by atoms with Crippen molar-refractivity contribution in [3.8, 4) is 5.75 Å². The third-order valence-electron chi connectivity index (χ3n) is 7.60. The van der Waals surface area contributed by atoms with Gasteiger partial charge in [0.05, 0.1) is 18.7 Å². The number of hydrogen-bond donors (Lipinski definition) is 0. The van der Waals surface area contributed by atoms with E-state index in [1.165, 1.54) is 33.9 Å². The molecule has 3 aromatic carbocycles. The Labute approximate surface area is 237 Å². The Bertz CT molecular complexity index is 1410. The van der Waals surface area contributed by atoms with Crippen LogP contribution in [-0.4, -0.2) is 19.7 Å². The van der Waals surface area contributed by atoms with E-state index in [4.69, 9.17) is 21.1 Å². The number of allylic oxidation sites excluding steroid dienone is 3. The summed E-state index contributed by atoms with van der Waals surface area (Å²) in [6, 6.07) is 23.0. The van der Waals surface area contributed by atoms with Gasteiger partial charge in [-0.05, 0) is 100 Å². The zero-order valence-electron chi connectivity index (χ0n) is 23.5. The lowest BCUT2D eigenvalue weighted by Gasteiger charge is -2.26. The Hall–Kier alpha value is -3.56. The van der Waals surface area contributed by atoms with Crippen LogP contribution in [-0.2, 0) is 16.0 Å². The second kappa shape index (κ2) is 13.0. The molecule has 0 radical (unpaired) electrons. The molecule has 0 heterocycles. The third kappa shape index (κ3) is 6.54. The lowest BCUT2D eigenvalue weighted by atomic mass is 9.78. The highest BCUT2D eigenvalue weighted by molar-refractivity contribution is 6.33. The average molecular weight is 541 g/mol. The molecule has 4 heteroatoms. The van der Waals surface area contributed by atoms with Crippen molar-refractivity contribution in [3.05, 3.63) is 111 Å². The highest BCUT2D eigenvalue weighted by atomic mass is 35.5. The number of carbonyl (C=O) groups excluding carboxylic acids is 1. The molecular formula is C35H37ClO3. The molecule has 0 N–H and O–H groups in total. The first kappa shape index (κ1) is 28.4. The van der Waals surface area contributed by atoms with E-state index in [1.54, 1.807) is 20.1 Å². The highest BCUT2D eigenvalue weighted by Crippen LogP contribution is 2.44. The first-order valence-electron chi connectivity index (χ1n) is 13.7. The van der Waals surface area contributed by atoms with Crippen molar-refractivity contribution in [2.24, 2.45) is 11.8 Å². The van der Waals surface area contributed by atoms with Gasteiger partial charge in [0.25, 0.3) is 0 Å². The zero-order valence-corrected chi connectivity index (χ0v) is 24.2. The molecule has 2 unspecified atom stereocenters. The van der Waals surface area contributed by atoms with Gasteiger partial charge in [-0.3, -0.25) is 0 Å². The minimum Gasteiger partial charge on any atom is -0.497 e. The standard InChI is InChI=1S/C35H37ClO3/c1-6-30(31-18-17-29(38-5)22-33(31)36)35(26-15-12-25(13-16-26)14-19-34(37)39-7-2)32-21-28-11-9-8-10-27(28)20-23(3)24(32)4/h8-19,21-24H,6-7,20H2,1-5H3/b19-14+,35-30+. The van der Waals surface area contributed by atoms with Crippen molar-refractivity contribution in [1.29, 1.82) is 0 Å². The maximum absolute atomic E-state index is 11.8. The number of carbonyl (C=O) groups is 1. The summed E-state index contributed by atoms with van der Waals surface area (Å²) in [7, 11) is 1.65. The van der Waals surface area contributed by atoms with Gasteiger partial charge in [0, 0.05) is 6.08 Å². The van der Waals surface area contributed by atoms with E-state index in [2.05, 4.69) is 69.3 Å². The van der Waals surface area contributed by atoms with Crippen LogP contribution in [0.4, 0.5) is 0 Å². The number of rotatable bonds is 8. The van der Waals surface area contributed by atoms with Gasteiger partial charge in [-0.15, -0.1) is 0 Å². The fourth-order valence-electron chi connectivity index (χ4n) is 5.29. The summed E-state index contributed by atoms with van der Waals surface area (Å²) in [5.74, 6) is 1.19. The predicted octanol–water partition coefficient (Wildman–Crippen LogP) is 9.16. The van der Waals surface area contributed by atoms with Crippen molar-refractivity contribution in [1.82, 2.24) is 0 Å². The predicted molar refractivity (Wildman–Crippen MR) is 164 cm³/mol. The van der Waals surface area contributed by atoms with Crippen LogP contribution >= 0.6 is 11.6 Å². The smallest absolute Gasteiger partial charge is 0.330 e. The van der Waals surface area contributed by atoms with Crippen LogP contribution in [0.5, 0.6) is 5.75 Å². The maximum atomic E-state index is 11.8. The van der Waals surface area contributed by atoms with E-state index in [-0.39, 0.29) is 5.97 Å². The van der Waals surface area contributed by atoms with Gasteiger partial charge in [-0.2, -0.15) is 0 Å². The molecule has 0 saturated heterocycles. The molecule has 3 nitrogen and oxygen atoms in total. The average Bonchev–Trinajstić information content (AvgIpc) is 3.07. The van der Waals surface area contributed by atoms with E-state index < -0.39 is 0 Å². The Morgan fingerprint density at radius 3 is 2.44 bits per heavy atom. The first-order chi connectivity index (χ1) is 18.9. The van der Waals surface area contributed by atoms with Gasteiger partial charge in [-0.25, -0.2) is 4.79 Å². The summed E-state index contributed by atoms with van der Waals surface area (Å²) in [5, 5.41) is 0.674. The normalized spacial score (nSPS) is 17.6. The Morgan fingerprint density at radius 2 is 1.77 bits per heavy atom. The number of fused-ring (bicyclic) bond motifs is 1. The molecule has 1 aliphatic carbocycles. The lowest BCUT2D eigenvalue weighted by Crippen LogP contribution is -2.13. The van der Waals surface area contributed by atoms with Gasteiger partial charge in [-0.1, -0.05) is 87.0 Å². The number of hydrogen-bond acceptors (Lipinski definition) is 3. The maximum Gasteiger partial charge on any atom is 0.330 e. The van der Waals surface area contributed by atoms with Crippen molar-refractivity contribution < 1.29 is 14.3 Å². The topological polar surface area (TPSA) is 35.5 Å². The van der Waals surface area contributed by atoms with E-state index in [0.717, 1.165) is 35.3 Å². The molecule has 0 spiro atoms. The van der Waals surface area contributed by atoms with Crippen LogP contribution in [0.3, 0.4) is 0 Å². The van der Waals surface area contributed by atoms with Crippen molar-refractivity contribution in [3.63, 3.8) is 0 Å². The van der Waals surface area contributed by atoms with E-state index >= 15 is 0 Å². The molecule has 2 atom stereocenters. The van der Waals surface area contributed by atoms with Gasteiger partial charge in [0.1, 0.15) is 5.75 Å². The molecule has 3 aromatic rings. The Kier molecular flexibility index (Phi) is 9.48. The molecule has 0 amide bonds. The van der Waals surface area contributed by atoms with E-state index in [1.807, 2.05) is 24.3 Å². The molecule has 39 heavy (non-hydrogen) atoms. The summed E-state index contributed by atoms with van der Waals surface area (Å²) < 4.78 is 10.5. The third-order valence-corrected chi connectivity index (χ3v) is 7.91. The van der Waals surface area contributed by atoms with E-state index in [0.29, 0.717) is 23.5 Å². The fourth-order valence-corrected chi connectivity index (χ4v) is 5.57. The minimum absolute atomic E-state index is 0.328. The van der Waals surface area contributed by atoms with Crippen LogP contribution < -0.4 is 4.74 Å². The molecule has 0 fully saturated rings. The molecule has 0 bridgehead atoms. The Balaban J connectivity index is 1.92. The molecule has 202 valence electrons. The quantitative estimate of drug-likeness (QED) is 0.162. The summed E-state index contributed by atoms with van der Waals surface area (Å²) in [5.41, 5.74) is 9.44. The fraction of sp³-hybridized carbons (Fsp3) is 0.286. The molecule has 0 aliphatic heterocycles. The number of esters is 1. The molecule has 1 aliphatic rings. The van der Waals surface area contributed by atoms with Gasteiger partial charge >= 0.3 is 5.97 Å². The van der Waals surface area contributed by atoms with E-state index in [9.17, 15) is 4.79 Å². The van der Waals surface area contributed by atoms with Crippen molar-refractivity contribution in [2.75, 3.05) is 13.7 Å². The zero-order chi connectivity index (χ0) is 27.9. The van der Waals surface area contributed by atoms with Crippen LogP contribution in [0.15, 0.2) is 78.4 Å². The number of halogens is 1. The lowest BCUT2D eigenvalue weighted by molar-refractivity contribution is -0.137. The second-order valence-electron chi connectivity index (χ2n) is 10.0. The SMILES string of the molecule is CCOC(=O)/C=C/c1ccc(/C(C2=Cc3ccccc3CC(C)C2C)=C(/CC)c2ccc(OC)cc2Cl)cc1.